The van der Waals surface area contributed by atoms with Crippen molar-refractivity contribution in [2.24, 2.45) is 0 Å². The fourth-order valence-electron chi connectivity index (χ4n) is 1.29. The first-order chi connectivity index (χ1) is 5.36. The molecule has 0 spiro atoms. The van der Waals surface area contributed by atoms with Gasteiger partial charge in [-0.2, -0.15) is 0 Å². The summed E-state index contributed by atoms with van der Waals surface area (Å²) in [6.07, 6.45) is 4.08. The molecule has 11 heavy (non-hydrogen) atoms. The Morgan fingerprint density at radius 2 is 2.00 bits per heavy atom. The largest absolute Gasteiger partial charge is 1.00 e. The monoisotopic (exact) mass is 145 g/mol. The van der Waals surface area contributed by atoms with Crippen LogP contribution in [0.5, 0.6) is 0 Å². The van der Waals surface area contributed by atoms with Crippen molar-refractivity contribution < 1.29 is 6.22 Å². The summed E-state index contributed by atoms with van der Waals surface area (Å²) in [4.78, 5) is 10.9. The fraction of sp³-hybridized carbons (Fsp3) is 0.100. The molecule has 2 rings (SSSR count). The smallest absolute Gasteiger partial charge is 0.294 e. The Morgan fingerprint density at radius 1 is 1.18 bits per heavy atom. The van der Waals surface area contributed by atoms with E-state index in [4.69, 9.17) is 0 Å². The number of allylic oxidation sites excluding steroid dienone is 1. The Balaban J connectivity index is 0.000000720. The number of rotatable bonds is 0. The van der Waals surface area contributed by atoms with Crippen LogP contribution in [0.2, 0.25) is 0 Å². The van der Waals surface area contributed by atoms with Crippen molar-refractivity contribution in [1.29, 1.82) is 0 Å². The highest BCUT2D eigenvalue weighted by Crippen LogP contribution is 2.15. The third-order valence-corrected chi connectivity index (χ3v) is 1.87. The molecular formula is C10H9O+. The van der Waals surface area contributed by atoms with Gasteiger partial charge in [-0.15, -0.1) is 0 Å². The molecule has 1 heteroatoms. The van der Waals surface area contributed by atoms with Gasteiger partial charge in [-0.25, -0.2) is 0 Å². The molecule has 0 radical (unpaired) electrons. The molecule has 0 N–H and O–H groups in total. The summed E-state index contributed by atoms with van der Waals surface area (Å²) in [5.74, 6) is 0.198. The van der Waals surface area contributed by atoms with E-state index in [-0.39, 0.29) is 7.21 Å². The third-order valence-electron chi connectivity index (χ3n) is 1.87. The quantitative estimate of drug-likeness (QED) is 0.545. The Morgan fingerprint density at radius 3 is 2.91 bits per heavy atom. The van der Waals surface area contributed by atoms with E-state index in [9.17, 15) is 4.79 Å². The lowest BCUT2D eigenvalue weighted by atomic mass is 9.97. The highest BCUT2D eigenvalue weighted by Gasteiger charge is 2.07. The van der Waals surface area contributed by atoms with Crippen LogP contribution in [0, 0.1) is 0 Å². The highest BCUT2D eigenvalue weighted by atomic mass is 16.1. The molecule has 0 unspecified atom stereocenters. The van der Waals surface area contributed by atoms with E-state index in [1.54, 1.807) is 6.08 Å². The number of benzene rings is 1. The molecule has 1 aromatic rings. The van der Waals surface area contributed by atoms with Crippen molar-refractivity contribution in [3.8, 4) is 0 Å². The van der Waals surface area contributed by atoms with Gasteiger partial charge in [0, 0.05) is 6.42 Å². The van der Waals surface area contributed by atoms with Crippen LogP contribution < -0.4 is 0 Å². The normalized spacial score (nSPS) is 14.7. The highest BCUT2D eigenvalue weighted by molar-refractivity contribution is 5.98. The maximum Gasteiger partial charge on any atom is 1.00 e. The topological polar surface area (TPSA) is 17.1 Å². The number of carbonyl (C=O) groups excluding carboxylic acids is 1. The van der Waals surface area contributed by atoms with Crippen molar-refractivity contribution in [2.75, 3.05) is 0 Å². The summed E-state index contributed by atoms with van der Waals surface area (Å²) in [5, 5.41) is 0. The van der Waals surface area contributed by atoms with E-state index in [1.165, 1.54) is 5.56 Å². The second kappa shape index (κ2) is 2.35. The minimum atomic E-state index is 0. The van der Waals surface area contributed by atoms with Crippen LogP contribution in [0.1, 0.15) is 12.6 Å². The summed E-state index contributed by atoms with van der Waals surface area (Å²) < 4.78 is 0. The van der Waals surface area contributed by atoms with Gasteiger partial charge in [-0.1, -0.05) is 30.3 Å². The zero-order chi connectivity index (χ0) is 7.68. The first-order valence-corrected chi connectivity index (χ1v) is 3.65. The number of ketones is 1. The van der Waals surface area contributed by atoms with Crippen LogP contribution in [0.3, 0.4) is 0 Å². The Kier molecular flexibility index (Phi) is 1.35. The number of fused-ring (bicyclic) bond motifs is 1. The van der Waals surface area contributed by atoms with Gasteiger partial charge >= 0.3 is 1.43 Å². The molecule has 1 aromatic carbocycles. The molecule has 0 atom stereocenters. The molecule has 0 amide bonds. The maximum absolute atomic E-state index is 10.9. The predicted octanol–water partition coefficient (Wildman–Crippen LogP) is 1.94. The fourth-order valence-corrected chi connectivity index (χ4v) is 1.29. The van der Waals surface area contributed by atoms with Crippen molar-refractivity contribution >= 4 is 11.9 Å². The first kappa shape index (κ1) is 6.35. The van der Waals surface area contributed by atoms with Crippen molar-refractivity contribution in [3.05, 3.63) is 41.5 Å². The summed E-state index contributed by atoms with van der Waals surface area (Å²) in [6, 6.07) is 7.97. The van der Waals surface area contributed by atoms with Gasteiger partial charge in [-0.05, 0) is 17.2 Å². The molecule has 0 bridgehead atoms. The molecule has 0 heterocycles. The van der Waals surface area contributed by atoms with Crippen molar-refractivity contribution in [3.63, 3.8) is 0 Å². The summed E-state index contributed by atoms with van der Waals surface area (Å²) in [5.41, 5.74) is 2.31. The van der Waals surface area contributed by atoms with Crippen LogP contribution in [-0.4, -0.2) is 5.78 Å². The van der Waals surface area contributed by atoms with E-state index < -0.39 is 0 Å². The molecule has 1 aliphatic rings. The first-order valence-electron chi connectivity index (χ1n) is 3.65. The maximum atomic E-state index is 10.9. The number of carbonyl (C=O) groups is 1. The molecule has 0 fully saturated rings. The lowest BCUT2D eigenvalue weighted by Crippen LogP contribution is -2.04. The van der Waals surface area contributed by atoms with E-state index in [0.29, 0.717) is 6.42 Å². The van der Waals surface area contributed by atoms with Gasteiger partial charge in [0.15, 0.2) is 5.78 Å². The minimum Gasteiger partial charge on any atom is -0.294 e. The Bertz CT molecular complexity index is 328. The third kappa shape index (κ3) is 1.09. The number of hydrogen-bond acceptors (Lipinski definition) is 1. The SMILES string of the molecule is O=C1C=Cc2ccccc2C1.[H+]. The minimum absolute atomic E-state index is 0. The van der Waals surface area contributed by atoms with Crippen LogP contribution in [-0.2, 0) is 11.2 Å². The van der Waals surface area contributed by atoms with E-state index in [0.717, 1.165) is 5.56 Å². The van der Waals surface area contributed by atoms with E-state index in [2.05, 4.69) is 0 Å². The van der Waals surface area contributed by atoms with E-state index >= 15 is 0 Å². The summed E-state index contributed by atoms with van der Waals surface area (Å²) >= 11 is 0. The van der Waals surface area contributed by atoms with Gasteiger partial charge in [-0.3, -0.25) is 4.79 Å². The Labute approximate surface area is 66.8 Å². The van der Waals surface area contributed by atoms with Gasteiger partial charge in [0.1, 0.15) is 0 Å². The van der Waals surface area contributed by atoms with Crippen LogP contribution in [0.25, 0.3) is 6.08 Å². The zero-order valence-electron chi connectivity index (χ0n) is 7.08. The van der Waals surface area contributed by atoms with Crippen molar-refractivity contribution in [2.45, 2.75) is 6.42 Å². The molecule has 1 nitrogen and oxygen atoms in total. The van der Waals surface area contributed by atoms with Gasteiger partial charge in [0.05, 0.1) is 0 Å². The second-order valence-electron chi connectivity index (χ2n) is 2.68. The van der Waals surface area contributed by atoms with Gasteiger partial charge in [0.25, 0.3) is 0 Å². The molecular weight excluding hydrogens is 136 g/mol. The van der Waals surface area contributed by atoms with Crippen molar-refractivity contribution in [1.82, 2.24) is 0 Å². The van der Waals surface area contributed by atoms with Crippen LogP contribution >= 0.6 is 0 Å². The standard InChI is InChI=1S/C10H8O/c11-10-6-5-8-3-1-2-4-9(8)7-10/h1-6H,7H2/p+1. The molecule has 54 valence electrons. The lowest BCUT2D eigenvalue weighted by molar-refractivity contribution is -0.114. The molecule has 1 aliphatic carbocycles. The summed E-state index contributed by atoms with van der Waals surface area (Å²) in [7, 11) is 0. The molecule has 0 saturated carbocycles. The average Bonchev–Trinajstić information content (AvgIpc) is 2.04. The zero-order valence-corrected chi connectivity index (χ0v) is 6.08. The Hall–Kier alpha value is -1.37. The molecule has 0 aliphatic heterocycles. The predicted molar refractivity (Wildman–Crippen MR) is 45.3 cm³/mol. The number of hydrogen-bond donors (Lipinski definition) is 0. The molecule has 0 saturated heterocycles. The van der Waals surface area contributed by atoms with E-state index in [1.807, 2.05) is 30.3 Å². The van der Waals surface area contributed by atoms with Gasteiger partial charge in [0.2, 0.25) is 0 Å². The summed E-state index contributed by atoms with van der Waals surface area (Å²) in [6.45, 7) is 0. The molecule has 0 aromatic heterocycles. The second-order valence-corrected chi connectivity index (χ2v) is 2.68. The average molecular weight is 145 g/mol. The van der Waals surface area contributed by atoms with Crippen LogP contribution in [0.4, 0.5) is 0 Å². The lowest BCUT2D eigenvalue weighted by Gasteiger charge is -2.07. The van der Waals surface area contributed by atoms with Gasteiger partial charge < -0.3 is 0 Å². The van der Waals surface area contributed by atoms with Crippen LogP contribution in [0.15, 0.2) is 30.3 Å².